The minimum Gasteiger partial charge on any atom is -0.389 e. The van der Waals surface area contributed by atoms with Crippen molar-refractivity contribution in [2.24, 2.45) is 5.92 Å². The summed E-state index contributed by atoms with van der Waals surface area (Å²) in [5.74, 6) is 0.282. The Bertz CT molecular complexity index is 415. The topological polar surface area (TPSA) is 41.5 Å². The van der Waals surface area contributed by atoms with Crippen LogP contribution in [-0.2, 0) is 4.74 Å². The molecule has 0 aliphatic rings. The van der Waals surface area contributed by atoms with Crippen LogP contribution in [0.2, 0.25) is 0 Å². The van der Waals surface area contributed by atoms with Crippen molar-refractivity contribution in [3.63, 3.8) is 0 Å². The highest BCUT2D eigenvalue weighted by molar-refractivity contribution is 9.10. The number of benzene rings is 1. The summed E-state index contributed by atoms with van der Waals surface area (Å²) in [4.78, 5) is 0. The Kier molecular flexibility index (Phi) is 7.48. The summed E-state index contributed by atoms with van der Waals surface area (Å²) in [6.07, 6.45) is 0.521. The van der Waals surface area contributed by atoms with Gasteiger partial charge in [-0.25, -0.2) is 4.39 Å². The highest BCUT2D eigenvalue weighted by Gasteiger charge is 2.10. The van der Waals surface area contributed by atoms with E-state index < -0.39 is 6.10 Å². The van der Waals surface area contributed by atoms with Gasteiger partial charge in [0.15, 0.2) is 0 Å². The SMILES string of the molecule is CC(C)CC(C)OCC(O)CNc1ccc(F)cc1Br. The summed E-state index contributed by atoms with van der Waals surface area (Å²) < 4.78 is 19.2. The number of aliphatic hydroxyl groups is 1. The smallest absolute Gasteiger partial charge is 0.124 e. The van der Waals surface area contributed by atoms with Gasteiger partial charge >= 0.3 is 0 Å². The molecule has 1 aromatic carbocycles. The zero-order chi connectivity index (χ0) is 15.1. The maximum absolute atomic E-state index is 12.9. The van der Waals surface area contributed by atoms with Crippen LogP contribution in [-0.4, -0.2) is 30.5 Å². The molecular weight excluding hydrogens is 325 g/mol. The van der Waals surface area contributed by atoms with Gasteiger partial charge in [0.1, 0.15) is 5.82 Å². The van der Waals surface area contributed by atoms with E-state index in [9.17, 15) is 9.50 Å². The Labute approximate surface area is 128 Å². The van der Waals surface area contributed by atoms with Gasteiger partial charge in [0.25, 0.3) is 0 Å². The van der Waals surface area contributed by atoms with Gasteiger partial charge in [0, 0.05) is 16.7 Å². The second kappa shape index (κ2) is 8.60. The molecule has 0 saturated heterocycles. The van der Waals surface area contributed by atoms with Crippen molar-refractivity contribution < 1.29 is 14.2 Å². The van der Waals surface area contributed by atoms with Crippen LogP contribution in [0.4, 0.5) is 10.1 Å². The van der Waals surface area contributed by atoms with Gasteiger partial charge in [-0.2, -0.15) is 0 Å². The molecule has 1 aromatic rings. The Morgan fingerprint density at radius 3 is 2.65 bits per heavy atom. The summed E-state index contributed by atoms with van der Waals surface area (Å²) in [5, 5.41) is 12.9. The Morgan fingerprint density at radius 2 is 2.05 bits per heavy atom. The van der Waals surface area contributed by atoms with Gasteiger partial charge in [-0.15, -0.1) is 0 Å². The summed E-state index contributed by atoms with van der Waals surface area (Å²) in [7, 11) is 0. The third kappa shape index (κ3) is 6.68. The van der Waals surface area contributed by atoms with Crippen molar-refractivity contribution in [2.75, 3.05) is 18.5 Å². The van der Waals surface area contributed by atoms with Crippen molar-refractivity contribution in [1.29, 1.82) is 0 Å². The molecule has 0 spiro atoms. The van der Waals surface area contributed by atoms with Crippen molar-refractivity contribution in [3.05, 3.63) is 28.5 Å². The molecule has 0 aromatic heterocycles. The first-order valence-electron chi connectivity index (χ1n) is 6.87. The van der Waals surface area contributed by atoms with Crippen molar-refractivity contribution in [1.82, 2.24) is 0 Å². The molecular formula is C15H23BrFNO2. The minimum absolute atomic E-state index is 0.141. The highest BCUT2D eigenvalue weighted by atomic mass is 79.9. The van der Waals surface area contributed by atoms with E-state index >= 15 is 0 Å². The quantitative estimate of drug-likeness (QED) is 0.751. The third-order valence-corrected chi connectivity index (χ3v) is 3.49. The van der Waals surface area contributed by atoms with Gasteiger partial charge < -0.3 is 15.2 Å². The predicted molar refractivity (Wildman–Crippen MR) is 83.5 cm³/mol. The molecule has 5 heteroatoms. The van der Waals surface area contributed by atoms with Crippen molar-refractivity contribution in [3.8, 4) is 0 Å². The number of ether oxygens (including phenoxy) is 1. The highest BCUT2D eigenvalue weighted by Crippen LogP contribution is 2.22. The summed E-state index contributed by atoms with van der Waals surface area (Å²) >= 11 is 3.27. The first-order valence-corrected chi connectivity index (χ1v) is 7.66. The number of halogens is 2. The molecule has 0 saturated carbocycles. The minimum atomic E-state index is -0.596. The zero-order valence-corrected chi connectivity index (χ0v) is 13.8. The molecule has 20 heavy (non-hydrogen) atoms. The van der Waals surface area contributed by atoms with Crippen molar-refractivity contribution >= 4 is 21.6 Å². The number of anilines is 1. The summed E-state index contributed by atoms with van der Waals surface area (Å²) in [6, 6.07) is 4.39. The molecule has 2 atom stereocenters. The van der Waals surface area contributed by atoms with E-state index in [0.29, 0.717) is 23.5 Å². The van der Waals surface area contributed by atoms with Gasteiger partial charge in [-0.3, -0.25) is 0 Å². The van der Waals surface area contributed by atoms with Crippen LogP contribution in [0.5, 0.6) is 0 Å². The molecule has 0 heterocycles. The van der Waals surface area contributed by atoms with E-state index in [2.05, 4.69) is 35.1 Å². The average Bonchev–Trinajstić information content (AvgIpc) is 2.34. The maximum atomic E-state index is 12.9. The number of hydrogen-bond acceptors (Lipinski definition) is 3. The molecule has 0 radical (unpaired) electrons. The Balaban J connectivity index is 2.30. The van der Waals surface area contributed by atoms with E-state index in [1.165, 1.54) is 12.1 Å². The van der Waals surface area contributed by atoms with E-state index in [4.69, 9.17) is 4.74 Å². The van der Waals surface area contributed by atoms with Crippen LogP contribution in [0.1, 0.15) is 27.2 Å². The molecule has 2 N–H and O–H groups in total. The molecule has 1 rings (SSSR count). The van der Waals surface area contributed by atoms with E-state index in [1.54, 1.807) is 6.07 Å². The predicted octanol–water partition coefficient (Wildman–Crippen LogP) is 3.81. The van der Waals surface area contributed by atoms with Crippen LogP contribution in [0.25, 0.3) is 0 Å². The Hall–Kier alpha value is -0.650. The molecule has 0 aliphatic carbocycles. The molecule has 0 amide bonds. The van der Waals surface area contributed by atoms with Crippen molar-refractivity contribution in [2.45, 2.75) is 39.4 Å². The molecule has 0 fully saturated rings. The van der Waals surface area contributed by atoms with E-state index in [-0.39, 0.29) is 11.9 Å². The molecule has 0 bridgehead atoms. The lowest BCUT2D eigenvalue weighted by Gasteiger charge is -2.19. The first kappa shape index (κ1) is 17.4. The third-order valence-electron chi connectivity index (χ3n) is 2.84. The molecule has 114 valence electrons. The van der Waals surface area contributed by atoms with Crippen LogP contribution in [0, 0.1) is 11.7 Å². The van der Waals surface area contributed by atoms with Gasteiger partial charge in [-0.1, -0.05) is 13.8 Å². The van der Waals surface area contributed by atoms with Gasteiger partial charge in [0.05, 0.1) is 18.8 Å². The van der Waals surface area contributed by atoms with Crippen LogP contribution < -0.4 is 5.32 Å². The fourth-order valence-electron chi connectivity index (χ4n) is 1.93. The molecule has 2 unspecified atom stereocenters. The summed E-state index contributed by atoms with van der Waals surface area (Å²) in [5.41, 5.74) is 0.751. The average molecular weight is 348 g/mol. The fraction of sp³-hybridized carbons (Fsp3) is 0.600. The normalized spacial score (nSPS) is 14.3. The van der Waals surface area contributed by atoms with Crippen LogP contribution in [0.15, 0.2) is 22.7 Å². The van der Waals surface area contributed by atoms with E-state index in [0.717, 1.165) is 12.1 Å². The van der Waals surface area contributed by atoms with Crippen LogP contribution in [0.3, 0.4) is 0 Å². The largest absolute Gasteiger partial charge is 0.389 e. The lowest BCUT2D eigenvalue weighted by molar-refractivity contribution is -0.00444. The maximum Gasteiger partial charge on any atom is 0.124 e. The fourth-order valence-corrected chi connectivity index (χ4v) is 2.42. The number of nitrogens with one attached hydrogen (secondary N) is 1. The monoisotopic (exact) mass is 347 g/mol. The lowest BCUT2D eigenvalue weighted by Crippen LogP contribution is -2.27. The zero-order valence-electron chi connectivity index (χ0n) is 12.2. The number of aliphatic hydroxyl groups excluding tert-OH is 1. The Morgan fingerprint density at radius 1 is 1.35 bits per heavy atom. The first-order chi connectivity index (χ1) is 9.38. The van der Waals surface area contributed by atoms with Gasteiger partial charge in [-0.05, 0) is 53.4 Å². The number of rotatable bonds is 8. The number of hydrogen-bond donors (Lipinski definition) is 2. The van der Waals surface area contributed by atoms with Crippen LogP contribution >= 0.6 is 15.9 Å². The molecule has 0 aliphatic heterocycles. The molecule has 3 nitrogen and oxygen atoms in total. The van der Waals surface area contributed by atoms with E-state index in [1.807, 2.05) is 6.92 Å². The standard InChI is InChI=1S/C15H23BrFNO2/c1-10(2)6-11(3)20-9-13(19)8-18-15-5-4-12(17)7-14(15)16/h4-5,7,10-11,13,18-19H,6,8-9H2,1-3H3. The van der Waals surface area contributed by atoms with Gasteiger partial charge in [0.2, 0.25) is 0 Å². The second-order valence-electron chi connectivity index (χ2n) is 5.43. The lowest BCUT2D eigenvalue weighted by atomic mass is 10.1. The summed E-state index contributed by atoms with van der Waals surface area (Å²) in [6.45, 7) is 6.95. The second-order valence-corrected chi connectivity index (χ2v) is 6.29.